The van der Waals surface area contributed by atoms with Crippen LogP contribution in [0.25, 0.3) is 11.0 Å². The van der Waals surface area contributed by atoms with E-state index in [4.69, 9.17) is 9.97 Å². The molecule has 0 radical (unpaired) electrons. The normalized spacial score (nSPS) is 19.1. The summed E-state index contributed by atoms with van der Waals surface area (Å²) in [5.74, 6) is 0.0393. The van der Waals surface area contributed by atoms with E-state index in [1.165, 1.54) is 32.1 Å². The maximum absolute atomic E-state index is 13.0. The van der Waals surface area contributed by atoms with Crippen molar-refractivity contribution in [2.24, 2.45) is 5.92 Å². The lowest BCUT2D eigenvalue weighted by Crippen LogP contribution is -2.35. The van der Waals surface area contributed by atoms with Gasteiger partial charge in [-0.2, -0.15) is 5.26 Å². The lowest BCUT2D eigenvalue weighted by Gasteiger charge is -2.26. The first-order valence-corrected chi connectivity index (χ1v) is 11.4. The molecule has 1 aliphatic heterocycles. The summed E-state index contributed by atoms with van der Waals surface area (Å²) in [5, 5.41) is 13.0. The molecule has 1 amide bonds. The zero-order valence-electron chi connectivity index (χ0n) is 17.6. The first-order valence-electron chi connectivity index (χ1n) is 11.4. The highest BCUT2D eigenvalue weighted by Crippen LogP contribution is 2.29. The van der Waals surface area contributed by atoms with Crippen LogP contribution in [0.5, 0.6) is 0 Å². The van der Waals surface area contributed by atoms with Gasteiger partial charge in [0, 0.05) is 19.6 Å². The molecule has 2 aromatic rings. The van der Waals surface area contributed by atoms with E-state index >= 15 is 0 Å². The third-order valence-electron chi connectivity index (χ3n) is 6.44. The van der Waals surface area contributed by atoms with E-state index in [-0.39, 0.29) is 5.91 Å². The molecule has 1 unspecified atom stereocenters. The van der Waals surface area contributed by atoms with Gasteiger partial charge >= 0.3 is 0 Å². The number of amides is 1. The fraction of sp³-hybridized carbons (Fsp3) is 0.583. The Kier molecular flexibility index (Phi) is 6.78. The van der Waals surface area contributed by atoms with Crippen LogP contribution < -0.4 is 10.2 Å². The van der Waals surface area contributed by atoms with Gasteiger partial charge in [0.15, 0.2) is 11.7 Å². The van der Waals surface area contributed by atoms with Crippen LogP contribution in [-0.4, -0.2) is 35.5 Å². The van der Waals surface area contributed by atoms with E-state index < -0.39 is 5.92 Å². The van der Waals surface area contributed by atoms with Crippen molar-refractivity contribution in [3.8, 4) is 6.07 Å². The number of benzene rings is 1. The summed E-state index contributed by atoms with van der Waals surface area (Å²) in [6, 6.07) is 9.92. The van der Waals surface area contributed by atoms with Gasteiger partial charge in [0.25, 0.3) is 0 Å². The second kappa shape index (κ2) is 9.88. The van der Waals surface area contributed by atoms with Crippen LogP contribution in [0, 0.1) is 17.2 Å². The van der Waals surface area contributed by atoms with Crippen LogP contribution in [0.3, 0.4) is 0 Å². The van der Waals surface area contributed by atoms with Gasteiger partial charge in [-0.3, -0.25) is 4.79 Å². The van der Waals surface area contributed by atoms with E-state index in [1.807, 2.05) is 24.3 Å². The summed E-state index contributed by atoms with van der Waals surface area (Å²) in [4.78, 5) is 24.9. The number of para-hydroxylation sites is 2. The summed E-state index contributed by atoms with van der Waals surface area (Å²) in [6.45, 7) is 2.43. The molecule has 2 aliphatic rings. The number of carbonyl (C=O) groups is 1. The van der Waals surface area contributed by atoms with Gasteiger partial charge in [-0.05, 0) is 43.7 Å². The molecule has 1 aliphatic carbocycles. The first-order chi connectivity index (χ1) is 14.8. The SMILES string of the molecule is N#CC(C(=O)NCC1CCCCC1)c1nc2ccccc2nc1N1CCCCCC1. The minimum absolute atomic E-state index is 0.247. The van der Waals surface area contributed by atoms with Crippen molar-refractivity contribution in [2.75, 3.05) is 24.5 Å². The van der Waals surface area contributed by atoms with Crippen molar-refractivity contribution >= 4 is 22.8 Å². The number of anilines is 1. The molecule has 1 atom stereocenters. The number of hydrogen-bond acceptors (Lipinski definition) is 5. The van der Waals surface area contributed by atoms with Crippen molar-refractivity contribution in [3.63, 3.8) is 0 Å². The summed E-state index contributed by atoms with van der Waals surface area (Å²) in [6.07, 6.45) is 10.7. The van der Waals surface area contributed by atoms with Gasteiger partial charge in [-0.1, -0.05) is 44.2 Å². The fourth-order valence-electron chi connectivity index (χ4n) is 4.70. The molecule has 1 saturated heterocycles. The molecule has 2 fully saturated rings. The Morgan fingerprint density at radius 3 is 2.33 bits per heavy atom. The molecule has 1 N–H and O–H groups in total. The third-order valence-corrected chi connectivity index (χ3v) is 6.44. The van der Waals surface area contributed by atoms with Crippen LogP contribution in [0.15, 0.2) is 24.3 Å². The Hall–Kier alpha value is -2.68. The van der Waals surface area contributed by atoms with E-state index in [2.05, 4.69) is 16.3 Å². The van der Waals surface area contributed by atoms with Crippen LogP contribution >= 0.6 is 0 Å². The van der Waals surface area contributed by atoms with Crippen molar-refractivity contribution in [1.29, 1.82) is 5.26 Å². The van der Waals surface area contributed by atoms with Gasteiger partial charge in [0.1, 0.15) is 5.69 Å². The standard InChI is InChI=1S/C24H31N5O/c25-16-19(24(30)26-17-18-10-4-3-5-11-18)22-23(29-14-8-1-2-9-15-29)28-21-13-7-6-12-20(21)27-22/h6-7,12-13,18-19H,1-5,8-11,14-15,17H2,(H,26,30). The molecule has 2 heterocycles. The number of rotatable bonds is 5. The number of nitriles is 1. The first kappa shape index (κ1) is 20.6. The highest BCUT2D eigenvalue weighted by atomic mass is 16.1. The number of fused-ring (bicyclic) bond motifs is 1. The molecule has 6 heteroatoms. The lowest BCUT2D eigenvalue weighted by atomic mass is 9.89. The number of hydrogen-bond donors (Lipinski definition) is 1. The maximum atomic E-state index is 13.0. The minimum Gasteiger partial charge on any atom is -0.355 e. The summed E-state index contributed by atoms with van der Waals surface area (Å²) >= 11 is 0. The average molecular weight is 406 g/mol. The Morgan fingerprint density at radius 1 is 1.03 bits per heavy atom. The zero-order chi connectivity index (χ0) is 20.8. The molecule has 0 spiro atoms. The van der Waals surface area contributed by atoms with E-state index in [0.717, 1.165) is 49.8 Å². The molecular formula is C24H31N5O. The van der Waals surface area contributed by atoms with Gasteiger partial charge in [0.2, 0.25) is 5.91 Å². The number of carbonyl (C=O) groups excluding carboxylic acids is 1. The predicted octanol–water partition coefficient (Wildman–Crippen LogP) is 4.31. The van der Waals surface area contributed by atoms with Gasteiger partial charge in [-0.15, -0.1) is 0 Å². The smallest absolute Gasteiger partial charge is 0.243 e. The highest BCUT2D eigenvalue weighted by Gasteiger charge is 2.29. The highest BCUT2D eigenvalue weighted by molar-refractivity contribution is 5.88. The number of nitrogens with one attached hydrogen (secondary N) is 1. The Labute approximate surface area is 178 Å². The van der Waals surface area contributed by atoms with Crippen LogP contribution in [-0.2, 0) is 4.79 Å². The fourth-order valence-corrected chi connectivity index (χ4v) is 4.70. The van der Waals surface area contributed by atoms with Crippen molar-refractivity contribution in [3.05, 3.63) is 30.0 Å². The molecule has 158 valence electrons. The number of aromatic nitrogens is 2. The second-order valence-electron chi connectivity index (χ2n) is 8.63. The summed E-state index contributed by atoms with van der Waals surface area (Å²) in [5.41, 5.74) is 2.03. The van der Waals surface area contributed by atoms with E-state index in [9.17, 15) is 10.1 Å². The second-order valence-corrected chi connectivity index (χ2v) is 8.63. The van der Waals surface area contributed by atoms with Crippen molar-refractivity contribution < 1.29 is 4.79 Å². The van der Waals surface area contributed by atoms with Crippen LogP contribution in [0.4, 0.5) is 5.82 Å². The molecular weight excluding hydrogens is 374 g/mol. The third kappa shape index (κ3) is 4.72. The largest absolute Gasteiger partial charge is 0.355 e. The number of nitrogens with zero attached hydrogens (tertiary/aromatic N) is 4. The zero-order valence-corrected chi connectivity index (χ0v) is 17.6. The van der Waals surface area contributed by atoms with Gasteiger partial charge in [0.05, 0.1) is 17.1 Å². The predicted molar refractivity (Wildman–Crippen MR) is 118 cm³/mol. The van der Waals surface area contributed by atoms with Gasteiger partial charge < -0.3 is 10.2 Å². The topological polar surface area (TPSA) is 81.9 Å². The molecule has 0 bridgehead atoms. The Balaban J connectivity index is 1.62. The quantitative estimate of drug-likeness (QED) is 0.801. The van der Waals surface area contributed by atoms with Crippen molar-refractivity contribution in [1.82, 2.24) is 15.3 Å². The molecule has 4 rings (SSSR count). The Bertz CT molecular complexity index is 907. The summed E-state index contributed by atoms with van der Waals surface area (Å²) < 4.78 is 0. The van der Waals surface area contributed by atoms with E-state index in [0.29, 0.717) is 24.0 Å². The minimum atomic E-state index is -0.941. The lowest BCUT2D eigenvalue weighted by molar-refractivity contribution is -0.121. The van der Waals surface area contributed by atoms with E-state index in [1.54, 1.807) is 0 Å². The van der Waals surface area contributed by atoms with Crippen LogP contribution in [0.2, 0.25) is 0 Å². The maximum Gasteiger partial charge on any atom is 0.243 e. The van der Waals surface area contributed by atoms with Gasteiger partial charge in [-0.25, -0.2) is 9.97 Å². The Morgan fingerprint density at radius 2 is 1.67 bits per heavy atom. The van der Waals surface area contributed by atoms with Crippen LogP contribution in [0.1, 0.15) is 69.4 Å². The molecule has 1 aromatic heterocycles. The summed E-state index contributed by atoms with van der Waals surface area (Å²) in [7, 11) is 0. The molecule has 6 nitrogen and oxygen atoms in total. The van der Waals surface area contributed by atoms with Crippen molar-refractivity contribution in [2.45, 2.75) is 63.7 Å². The molecule has 1 aromatic carbocycles. The molecule has 1 saturated carbocycles. The average Bonchev–Trinajstić information content (AvgIpc) is 3.08. The monoisotopic (exact) mass is 405 g/mol. The molecule has 30 heavy (non-hydrogen) atoms.